The predicted molar refractivity (Wildman–Crippen MR) is 436 cm³/mol. The van der Waals surface area contributed by atoms with Crippen molar-refractivity contribution in [2.75, 3.05) is 0 Å². The topological polar surface area (TPSA) is 195 Å². The van der Waals surface area contributed by atoms with Gasteiger partial charge in [-0.25, -0.2) is 39.5 Å². The molecule has 15 rings (SSSR count). The zero-order valence-electron chi connectivity index (χ0n) is 69.1. The Kier molecular flexibility index (Phi) is 28.0. The predicted octanol–water partition coefficient (Wildman–Crippen LogP) is 22.2. The average molecular weight is 1790 g/mol. The molecule has 0 bridgehead atoms. The zero-order valence-corrected chi connectivity index (χ0v) is 69.1. The minimum Gasteiger partial charge on any atom is -0.298 e. The van der Waals surface area contributed by atoms with E-state index < -0.39 is 166 Å². The molecule has 2 unspecified atom stereocenters. The molecule has 33 heteroatoms. The van der Waals surface area contributed by atoms with Gasteiger partial charge in [-0.3, -0.25) is 57.8 Å². The Bertz CT molecular complexity index is 6320. The highest BCUT2D eigenvalue weighted by molar-refractivity contribution is 5.97. The van der Waals surface area contributed by atoms with Gasteiger partial charge in [0.15, 0.2) is 51.8 Å². The fourth-order valence-electron chi connectivity index (χ4n) is 16.8. The summed E-state index contributed by atoms with van der Waals surface area (Å²) in [6, 6.07) is 30.5. The molecule has 3 aliphatic carbocycles. The molecule has 0 radical (unpaired) electrons. The summed E-state index contributed by atoms with van der Waals surface area (Å²) in [6.07, 6.45) is -1.41. The van der Waals surface area contributed by atoms with Crippen LogP contribution in [0.25, 0.3) is 33.4 Å². The van der Waals surface area contributed by atoms with Crippen LogP contribution in [0.3, 0.4) is 0 Å². The molecule has 2 fully saturated rings. The quantitative estimate of drug-likeness (QED) is 0.0245. The molecule has 668 valence electrons. The first-order chi connectivity index (χ1) is 61.1. The van der Waals surface area contributed by atoms with Crippen molar-refractivity contribution in [2.24, 2.45) is 5.92 Å². The van der Waals surface area contributed by atoms with Gasteiger partial charge in [-0.05, 0) is 215 Å². The third-order valence-corrected chi connectivity index (χ3v) is 22.5. The number of carbonyl (C=O) groups is 6. The molecule has 0 aliphatic heterocycles. The summed E-state index contributed by atoms with van der Waals surface area (Å²) in [5.74, 6) is -10.5. The second-order valence-corrected chi connectivity index (χ2v) is 32.1. The van der Waals surface area contributed by atoms with Crippen LogP contribution < -0.4 is 0 Å². The van der Waals surface area contributed by atoms with Gasteiger partial charge in [0.25, 0.3) is 0 Å². The summed E-state index contributed by atoms with van der Waals surface area (Å²) in [5.41, 5.74) is 1.26. The van der Waals surface area contributed by atoms with Gasteiger partial charge >= 0.3 is 18.5 Å². The van der Waals surface area contributed by atoms with E-state index >= 15 is 0 Å². The first kappa shape index (κ1) is 93.4. The number of pyridine rings is 3. The van der Waals surface area contributed by atoms with Gasteiger partial charge in [0.05, 0.1) is 59.0 Å². The number of ketones is 6. The van der Waals surface area contributed by atoms with Crippen molar-refractivity contribution < 1.29 is 108 Å². The minimum atomic E-state index is -4.82. The van der Waals surface area contributed by atoms with Crippen LogP contribution in [0.15, 0.2) is 170 Å². The van der Waals surface area contributed by atoms with E-state index in [2.05, 4.69) is 30.2 Å². The Morgan fingerprint density at radius 1 is 0.450 bits per heavy atom. The smallest absolute Gasteiger partial charge is 0.298 e. The molecule has 0 amide bonds. The number of hydrogen-bond acceptors (Lipinski definition) is 12. The molecule has 6 aromatic carbocycles. The minimum absolute atomic E-state index is 0.0269. The molecular weight excluding hydrogens is 1720 g/mol. The summed E-state index contributed by atoms with van der Waals surface area (Å²) >= 11 is 0. The van der Waals surface area contributed by atoms with E-state index in [9.17, 15) is 108 Å². The van der Waals surface area contributed by atoms with Gasteiger partial charge in [-0.2, -0.15) is 54.8 Å². The molecule has 0 saturated heterocycles. The van der Waals surface area contributed by atoms with E-state index in [-0.39, 0.29) is 114 Å². The van der Waals surface area contributed by atoms with Crippen LogP contribution in [-0.4, -0.2) is 79.0 Å². The Labute approximate surface area is 726 Å². The lowest BCUT2D eigenvalue weighted by Gasteiger charge is -2.20. The van der Waals surface area contributed by atoms with Gasteiger partial charge in [0, 0.05) is 125 Å². The Hall–Kier alpha value is -13.3. The van der Waals surface area contributed by atoms with Gasteiger partial charge in [0.1, 0.15) is 52.4 Å². The van der Waals surface area contributed by atoms with Gasteiger partial charge in [0.2, 0.25) is 0 Å². The van der Waals surface area contributed by atoms with E-state index in [1.807, 2.05) is 5.92 Å². The first-order valence-electron chi connectivity index (χ1n) is 40.7. The van der Waals surface area contributed by atoms with Crippen molar-refractivity contribution in [1.29, 1.82) is 0 Å². The van der Waals surface area contributed by atoms with Crippen molar-refractivity contribution in [3.8, 4) is 45.7 Å². The van der Waals surface area contributed by atoms with Crippen LogP contribution in [0.4, 0.5) is 79.0 Å². The molecule has 0 spiro atoms. The van der Waals surface area contributed by atoms with Crippen molar-refractivity contribution in [2.45, 2.75) is 172 Å². The number of carbonyl (C=O) groups excluding carboxylic acids is 6. The Balaban J connectivity index is 0.000000165. The van der Waals surface area contributed by atoms with E-state index in [1.54, 1.807) is 43.3 Å². The van der Waals surface area contributed by atoms with Gasteiger partial charge < -0.3 is 0 Å². The zero-order chi connectivity index (χ0) is 93.0. The van der Waals surface area contributed by atoms with Crippen molar-refractivity contribution in [3.05, 3.63) is 318 Å². The molecule has 6 aromatic heterocycles. The molecule has 2 saturated carbocycles. The van der Waals surface area contributed by atoms with Crippen LogP contribution in [0.2, 0.25) is 0 Å². The molecule has 3 aliphatic rings. The van der Waals surface area contributed by atoms with Crippen LogP contribution in [0.1, 0.15) is 212 Å². The lowest BCUT2D eigenvalue weighted by molar-refractivity contribution is -0.143. The summed E-state index contributed by atoms with van der Waals surface area (Å²) in [7, 11) is 0. The fourth-order valence-corrected chi connectivity index (χ4v) is 16.8. The van der Waals surface area contributed by atoms with Crippen LogP contribution in [0.5, 0.6) is 0 Å². The van der Waals surface area contributed by atoms with Crippen LogP contribution >= 0.6 is 0 Å². The Morgan fingerprint density at radius 3 is 1.16 bits per heavy atom. The number of Topliss-reactive ketones (excluding diaryl/α,β-unsaturated/α-hetero) is 6. The summed E-state index contributed by atoms with van der Waals surface area (Å²) in [4.78, 5) is 89.7. The molecule has 15 nitrogen and oxygen atoms in total. The Morgan fingerprint density at radius 2 is 0.814 bits per heavy atom. The number of nitrogens with zero attached hydrogens (tertiary/aromatic N) is 9. The molecule has 5 atom stereocenters. The highest BCUT2D eigenvalue weighted by Crippen LogP contribution is 2.56. The van der Waals surface area contributed by atoms with Gasteiger partial charge in [-0.1, -0.05) is 49.2 Å². The number of alkyl halides is 9. The summed E-state index contributed by atoms with van der Waals surface area (Å²) in [6.45, 7) is 3.98. The van der Waals surface area contributed by atoms with E-state index in [4.69, 9.17) is 6.42 Å². The highest BCUT2D eigenvalue weighted by atomic mass is 19.4. The molecule has 6 heterocycles. The molecule has 129 heavy (non-hydrogen) atoms. The highest BCUT2D eigenvalue weighted by Gasteiger charge is 2.50. The summed E-state index contributed by atoms with van der Waals surface area (Å²) < 4.78 is 253. The maximum absolute atomic E-state index is 14.3. The van der Waals surface area contributed by atoms with Crippen molar-refractivity contribution >= 4 is 34.7 Å². The van der Waals surface area contributed by atoms with Crippen molar-refractivity contribution in [1.82, 2.24) is 44.3 Å². The lowest BCUT2D eigenvalue weighted by atomic mass is 9.86. The second-order valence-electron chi connectivity index (χ2n) is 32.1. The third-order valence-electron chi connectivity index (χ3n) is 22.5. The van der Waals surface area contributed by atoms with E-state index in [1.165, 1.54) is 80.4 Å². The third kappa shape index (κ3) is 22.5. The number of fused-ring (bicyclic) bond motifs is 3. The maximum atomic E-state index is 14.3. The SMILES string of the molecule is C#Cc1cn(CC(=O)C[C@@H](Cc2cc(F)cc(F)c2)c2ncccc2-c2ccc(F)c(C(C)=O)c2)nc1C(F)(F)F.CC(=O)c1cc(-c2cccnc2[C@@H](CC(=O)Cn2nc(C(F)(F)F)c3c2C2CC2CC3)Cc2cc(F)cc(F)c2)ccc1F.CCc1c(C2CC2)c(C(F)(F)F)nn1CC(=O)C[C@@H](Cc1cc(F)cc(F)c1)c1ncccc1-c1ccc(F)c(C(C)=O)c1. The molecular formula is C96H77F18N9O6. The number of benzene rings is 6. The standard InChI is InChI=1S/C33H27F6N3O2.C33H29F6N3O2.C30H21F6N3O2/c1-17(43)27-13-19(5-7-29(27)36)25-3-2-8-40-30(25)21(9-18-10-22(34)15-23(35)11-18)12-24(44)16-42-31-26(6-4-20-14-28(20)31)32(41-42)33(37,38)39;1-3-29-30(20-6-7-20)32(33(37,38)39)41-42(29)17-25(44)14-22(11-19-12-23(34)16-24(35)13-19)31-26(5-4-10-40-31)21-8-9-28(36)27(15-21)18(2)43;1-3-19-15-39(38-29(19)30(34,35)36)16-24(41)12-21(9-18-10-22(31)14-23(32)11-18)28-25(5-4-8-37-28)20-6-7-27(33)26(13-20)17(2)40/h2-3,5,7-8,10-11,13,15,20-21,28H,4,6,9,12,14,16H2,1H3;4-5,8-10,12-13,15-16,20,22H,3,6-7,11,14,17H2,1-2H3;1,4-8,10-11,13-15,21H,9,12,16H2,2H3/t20?,21-,28?;22-;21-/m111/s1. The fraction of sp³-hybridized carbons (Fsp3) is 0.292. The molecule has 12 aromatic rings. The normalized spacial score (nSPS) is 14.8. The van der Waals surface area contributed by atoms with Crippen LogP contribution in [0, 0.1) is 70.6 Å². The number of rotatable bonds is 29. The van der Waals surface area contributed by atoms with Gasteiger partial charge in [-0.15, -0.1) is 6.42 Å². The largest absolute Gasteiger partial charge is 0.436 e. The summed E-state index contributed by atoms with van der Waals surface area (Å²) in [5, 5.41) is 11.1. The lowest BCUT2D eigenvalue weighted by Crippen LogP contribution is -2.19. The second kappa shape index (κ2) is 38.7. The molecule has 0 N–H and O–H groups in total. The maximum Gasteiger partial charge on any atom is 0.436 e. The average Bonchev–Trinajstić information content (AvgIpc) is 1.57. The van der Waals surface area contributed by atoms with E-state index in [0.717, 1.165) is 88.7 Å². The number of halogens is 18. The van der Waals surface area contributed by atoms with E-state index in [0.29, 0.717) is 87.2 Å². The number of aromatic nitrogens is 9. The monoisotopic (exact) mass is 1790 g/mol. The van der Waals surface area contributed by atoms with Crippen molar-refractivity contribution in [3.63, 3.8) is 0 Å². The number of terminal acetylenes is 1. The number of hydrogen-bond donors (Lipinski definition) is 0. The van der Waals surface area contributed by atoms with Crippen LogP contribution in [-0.2, 0) is 84.7 Å². The first-order valence-corrected chi connectivity index (χ1v) is 40.7.